The molecule has 0 radical (unpaired) electrons. The van der Waals surface area contributed by atoms with E-state index in [0.29, 0.717) is 12.3 Å². The molecule has 0 fully saturated rings. The molecule has 0 aliphatic heterocycles. The predicted octanol–water partition coefficient (Wildman–Crippen LogP) is 3.90. The van der Waals surface area contributed by atoms with Crippen LogP contribution < -0.4 is 4.90 Å². The second kappa shape index (κ2) is 7.14. The van der Waals surface area contributed by atoms with Crippen molar-refractivity contribution in [2.24, 2.45) is 0 Å². The van der Waals surface area contributed by atoms with Crippen molar-refractivity contribution in [2.75, 3.05) is 4.90 Å². The van der Waals surface area contributed by atoms with Crippen LogP contribution >= 0.6 is 0 Å². The molecule has 0 aliphatic carbocycles. The Balaban J connectivity index is 1.77. The fourth-order valence-electron chi connectivity index (χ4n) is 2.53. The Morgan fingerprint density at radius 3 is 2.64 bits per heavy atom. The van der Waals surface area contributed by atoms with Gasteiger partial charge in [0, 0.05) is 0 Å². The third-order valence-corrected chi connectivity index (χ3v) is 3.92. The topological polar surface area (TPSA) is 66.0 Å². The number of anilines is 1. The average Bonchev–Trinajstić information content (AvgIpc) is 3.04. The fourth-order valence-corrected chi connectivity index (χ4v) is 2.53. The minimum Gasteiger partial charge on any atom is -0.423 e. The Morgan fingerprint density at radius 2 is 1.88 bits per heavy atom. The normalized spacial score (nSPS) is 10.5. The minimum absolute atomic E-state index is 0.0254. The molecule has 1 heterocycles. The highest BCUT2D eigenvalue weighted by Crippen LogP contribution is 2.22. The van der Waals surface area contributed by atoms with Gasteiger partial charge in [0.25, 0.3) is 0 Å². The molecule has 0 bridgehead atoms. The molecule has 1 aromatic heterocycles. The van der Waals surface area contributed by atoms with Gasteiger partial charge in [0.1, 0.15) is 12.4 Å². The van der Waals surface area contributed by atoms with E-state index in [1.807, 2.05) is 44.3 Å². The quantitative estimate of drug-likeness (QED) is 0.522. The van der Waals surface area contributed by atoms with Crippen LogP contribution in [0.3, 0.4) is 0 Å². The molecular weight excluding hydrogens is 319 g/mol. The summed E-state index contributed by atoms with van der Waals surface area (Å²) in [5.41, 5.74) is 3.30. The van der Waals surface area contributed by atoms with Crippen LogP contribution in [0.5, 0.6) is 0 Å². The minimum atomic E-state index is -0.466. The lowest BCUT2D eigenvalue weighted by Gasteiger charge is -2.14. The number of hydrogen-bond acceptors (Lipinski definition) is 5. The first-order chi connectivity index (χ1) is 12.1. The highest BCUT2D eigenvalue weighted by Gasteiger charge is 2.16. The first kappa shape index (κ1) is 16.7. The zero-order valence-electron chi connectivity index (χ0n) is 14.0. The Morgan fingerprint density at radius 1 is 1.12 bits per heavy atom. The summed E-state index contributed by atoms with van der Waals surface area (Å²) in [5.74, 6) is 0.268. The van der Waals surface area contributed by atoms with E-state index in [2.05, 4.69) is 10.2 Å². The third kappa shape index (κ3) is 3.83. The van der Waals surface area contributed by atoms with Gasteiger partial charge in [-0.15, -0.1) is 10.2 Å². The van der Waals surface area contributed by atoms with Gasteiger partial charge in [0.15, 0.2) is 6.19 Å². The summed E-state index contributed by atoms with van der Waals surface area (Å²) in [6.07, 6.45) is 2.49. The molecule has 6 heteroatoms. The second-order valence-electron chi connectivity index (χ2n) is 5.83. The summed E-state index contributed by atoms with van der Waals surface area (Å²) in [7, 11) is 0. The molecule has 5 nitrogen and oxygen atoms in total. The van der Waals surface area contributed by atoms with Crippen LogP contribution in [0.25, 0.3) is 0 Å². The highest BCUT2D eigenvalue weighted by molar-refractivity contribution is 5.53. The summed E-state index contributed by atoms with van der Waals surface area (Å²) in [4.78, 5) is 1.20. The standard InChI is InChI=1S/C19H17FN4O/c1-13-7-8-16(20)17(9-13)24(12-21)11-19-23-22-18(25-19)10-15-6-4-3-5-14(15)2/h3-9H,10-11H2,1-2H3. The summed E-state index contributed by atoms with van der Waals surface area (Å²) in [6.45, 7) is 3.88. The molecular formula is C19H17FN4O. The molecule has 25 heavy (non-hydrogen) atoms. The van der Waals surface area contributed by atoms with Gasteiger partial charge < -0.3 is 4.42 Å². The maximum atomic E-state index is 14.0. The van der Waals surface area contributed by atoms with Crippen molar-refractivity contribution in [1.82, 2.24) is 10.2 Å². The predicted molar refractivity (Wildman–Crippen MR) is 91.2 cm³/mol. The van der Waals surface area contributed by atoms with Gasteiger partial charge in [-0.1, -0.05) is 30.3 Å². The Bertz CT molecular complexity index is 929. The van der Waals surface area contributed by atoms with E-state index in [1.165, 1.54) is 11.0 Å². The first-order valence-electron chi connectivity index (χ1n) is 7.86. The summed E-state index contributed by atoms with van der Waals surface area (Å²) in [5, 5.41) is 17.4. The van der Waals surface area contributed by atoms with Gasteiger partial charge in [-0.2, -0.15) is 5.26 Å². The highest BCUT2D eigenvalue weighted by atomic mass is 19.1. The van der Waals surface area contributed by atoms with Gasteiger partial charge in [-0.05, 0) is 42.7 Å². The maximum Gasteiger partial charge on any atom is 0.237 e. The van der Waals surface area contributed by atoms with Crippen molar-refractivity contribution in [2.45, 2.75) is 26.8 Å². The van der Waals surface area contributed by atoms with Crippen LogP contribution in [0.2, 0.25) is 0 Å². The number of hydrogen-bond donors (Lipinski definition) is 0. The molecule has 0 saturated carbocycles. The number of rotatable bonds is 5. The average molecular weight is 336 g/mol. The fraction of sp³-hybridized carbons (Fsp3) is 0.211. The Kier molecular flexibility index (Phi) is 4.75. The van der Waals surface area contributed by atoms with Crippen LogP contribution in [-0.2, 0) is 13.0 Å². The van der Waals surface area contributed by atoms with E-state index < -0.39 is 5.82 Å². The third-order valence-electron chi connectivity index (χ3n) is 3.92. The van der Waals surface area contributed by atoms with Gasteiger partial charge >= 0.3 is 0 Å². The van der Waals surface area contributed by atoms with Crippen LogP contribution in [0.4, 0.5) is 10.1 Å². The van der Waals surface area contributed by atoms with Crippen molar-refractivity contribution < 1.29 is 8.81 Å². The lowest BCUT2D eigenvalue weighted by Crippen LogP contribution is -2.17. The van der Waals surface area contributed by atoms with E-state index in [4.69, 9.17) is 4.42 Å². The van der Waals surface area contributed by atoms with E-state index >= 15 is 0 Å². The van der Waals surface area contributed by atoms with Crippen molar-refractivity contribution in [1.29, 1.82) is 5.26 Å². The number of nitrogens with zero attached hydrogens (tertiary/aromatic N) is 4. The molecule has 0 saturated heterocycles. The largest absolute Gasteiger partial charge is 0.423 e. The van der Waals surface area contributed by atoms with Gasteiger partial charge in [-0.25, -0.2) is 4.39 Å². The van der Waals surface area contributed by atoms with Crippen LogP contribution in [0, 0.1) is 31.1 Å². The van der Waals surface area contributed by atoms with Gasteiger partial charge in [0.2, 0.25) is 11.8 Å². The van der Waals surface area contributed by atoms with E-state index in [9.17, 15) is 9.65 Å². The molecule has 0 spiro atoms. The lowest BCUT2D eigenvalue weighted by molar-refractivity contribution is 0.457. The zero-order valence-corrected chi connectivity index (χ0v) is 14.0. The SMILES string of the molecule is Cc1ccc(F)c(N(C#N)Cc2nnc(Cc3ccccc3C)o2)c1. The Labute approximate surface area is 145 Å². The number of aromatic nitrogens is 2. The molecule has 0 N–H and O–H groups in total. The molecule has 0 unspecified atom stereocenters. The van der Waals surface area contributed by atoms with Crippen molar-refractivity contribution >= 4 is 5.69 Å². The van der Waals surface area contributed by atoms with E-state index in [0.717, 1.165) is 16.7 Å². The van der Waals surface area contributed by atoms with Crippen LogP contribution in [0.15, 0.2) is 46.9 Å². The van der Waals surface area contributed by atoms with Gasteiger partial charge in [0.05, 0.1) is 12.1 Å². The van der Waals surface area contributed by atoms with Gasteiger partial charge in [-0.3, -0.25) is 4.90 Å². The number of halogens is 1. The van der Waals surface area contributed by atoms with Crippen LogP contribution in [-0.4, -0.2) is 10.2 Å². The van der Waals surface area contributed by atoms with Crippen molar-refractivity contribution in [3.8, 4) is 6.19 Å². The molecule has 126 valence electrons. The number of aryl methyl sites for hydroxylation is 2. The monoisotopic (exact) mass is 336 g/mol. The summed E-state index contributed by atoms with van der Waals surface area (Å²) >= 11 is 0. The first-order valence-corrected chi connectivity index (χ1v) is 7.86. The van der Waals surface area contributed by atoms with Crippen LogP contribution in [0.1, 0.15) is 28.5 Å². The molecule has 3 rings (SSSR count). The van der Waals surface area contributed by atoms with E-state index in [1.54, 1.807) is 12.1 Å². The van der Waals surface area contributed by atoms with E-state index in [-0.39, 0.29) is 18.1 Å². The molecule has 2 aromatic carbocycles. The number of nitriles is 1. The summed E-state index contributed by atoms with van der Waals surface area (Å²) in [6, 6.07) is 12.6. The maximum absolute atomic E-state index is 14.0. The van der Waals surface area contributed by atoms with Crippen molar-refractivity contribution in [3.63, 3.8) is 0 Å². The molecule has 0 atom stereocenters. The molecule has 0 amide bonds. The molecule has 3 aromatic rings. The van der Waals surface area contributed by atoms with Crippen molar-refractivity contribution in [3.05, 3.63) is 76.8 Å². The second-order valence-corrected chi connectivity index (χ2v) is 5.83. The smallest absolute Gasteiger partial charge is 0.237 e. The lowest BCUT2D eigenvalue weighted by atomic mass is 10.1. The Hall–Kier alpha value is -3.20. The molecule has 0 aliphatic rings. The zero-order chi connectivity index (χ0) is 17.8. The number of benzene rings is 2. The summed E-state index contributed by atoms with van der Waals surface area (Å²) < 4.78 is 19.6.